The molecule has 1 saturated heterocycles. The molecule has 1 aromatic heterocycles. The van der Waals surface area contributed by atoms with Crippen LogP contribution in [0, 0.1) is 5.92 Å². The van der Waals surface area contributed by atoms with E-state index in [2.05, 4.69) is 20.4 Å². The number of aliphatic hydroxyl groups is 1. The van der Waals surface area contributed by atoms with Crippen molar-refractivity contribution in [2.45, 2.75) is 25.1 Å². The number of pyridine rings is 1. The molecule has 0 radical (unpaired) electrons. The van der Waals surface area contributed by atoms with Crippen LogP contribution in [0.25, 0.3) is 22.0 Å². The Kier molecular flexibility index (Phi) is 7.74. The summed E-state index contributed by atoms with van der Waals surface area (Å²) in [5.74, 6) is 1.05. The molecule has 1 atom stereocenters. The summed E-state index contributed by atoms with van der Waals surface area (Å²) in [6.45, 7) is 2.82. The van der Waals surface area contributed by atoms with Gasteiger partial charge in [-0.25, -0.2) is 0 Å². The van der Waals surface area contributed by atoms with Gasteiger partial charge in [0.05, 0.1) is 11.1 Å². The van der Waals surface area contributed by atoms with Gasteiger partial charge in [0.15, 0.2) is 0 Å². The summed E-state index contributed by atoms with van der Waals surface area (Å²) in [6.07, 6.45) is -1.70. The highest BCUT2D eigenvalue weighted by Gasteiger charge is 2.31. The fourth-order valence-electron chi connectivity index (χ4n) is 5.95. The summed E-state index contributed by atoms with van der Waals surface area (Å²) < 4.78 is 45.4. The second-order valence-corrected chi connectivity index (χ2v) is 10.8. The minimum absolute atomic E-state index is 0.112. The topological polar surface area (TPSA) is 90.2 Å². The van der Waals surface area contributed by atoms with Gasteiger partial charge < -0.3 is 25.3 Å². The largest absolute Gasteiger partial charge is 0.490 e. The molecule has 218 valence electrons. The predicted molar refractivity (Wildman–Crippen MR) is 155 cm³/mol. The van der Waals surface area contributed by atoms with Crippen LogP contribution in [-0.2, 0) is 6.18 Å². The number of aromatic nitrogens is 1. The lowest BCUT2D eigenvalue weighted by Crippen LogP contribution is -2.39. The minimum Gasteiger partial charge on any atom is -0.490 e. The van der Waals surface area contributed by atoms with Crippen molar-refractivity contribution in [1.29, 1.82) is 0 Å². The first-order valence-corrected chi connectivity index (χ1v) is 14.0. The number of benzene rings is 3. The van der Waals surface area contributed by atoms with Crippen molar-refractivity contribution in [2.75, 3.05) is 37.7 Å². The Bertz CT molecular complexity index is 1620. The van der Waals surface area contributed by atoms with Gasteiger partial charge in [0, 0.05) is 53.6 Å². The van der Waals surface area contributed by atoms with Crippen molar-refractivity contribution < 1.29 is 28.2 Å². The standard InChI is InChI=1S/C32H31F3N4O3/c33-32(34,35)21-8-9-25-27(16-21)37-13-10-28(25)39-14-11-20(12-15-39)17-36-18-22(40)19-42-29-7-3-6-26-30(29)23-4-1-2-5-24(23)31(26)38-41/h1-10,13,16,20,22,36,40-41H,11-12,14-15,17-19H2/t22-/m0/s1. The Morgan fingerprint density at radius 1 is 1.00 bits per heavy atom. The van der Waals surface area contributed by atoms with E-state index in [9.17, 15) is 23.5 Å². The smallest absolute Gasteiger partial charge is 0.416 e. The third-order valence-corrected chi connectivity index (χ3v) is 8.08. The van der Waals surface area contributed by atoms with E-state index in [-0.39, 0.29) is 6.61 Å². The van der Waals surface area contributed by atoms with Crippen molar-refractivity contribution in [3.05, 3.63) is 89.6 Å². The number of nitrogens with one attached hydrogen (secondary N) is 1. The zero-order chi connectivity index (χ0) is 29.3. The second-order valence-electron chi connectivity index (χ2n) is 10.8. The number of aliphatic hydroxyl groups excluding tert-OH is 1. The molecule has 7 nitrogen and oxygen atoms in total. The maximum Gasteiger partial charge on any atom is 0.416 e. The Morgan fingerprint density at radius 3 is 2.52 bits per heavy atom. The van der Waals surface area contributed by atoms with Crippen LogP contribution in [0.4, 0.5) is 18.9 Å². The van der Waals surface area contributed by atoms with E-state index in [4.69, 9.17) is 4.74 Å². The molecule has 0 spiro atoms. The highest BCUT2D eigenvalue weighted by molar-refractivity contribution is 6.25. The number of alkyl halides is 3. The molecule has 6 rings (SSSR count). The number of oxime groups is 1. The lowest BCUT2D eigenvalue weighted by Gasteiger charge is -2.34. The van der Waals surface area contributed by atoms with Gasteiger partial charge >= 0.3 is 6.18 Å². The quantitative estimate of drug-likeness (QED) is 0.162. The zero-order valence-electron chi connectivity index (χ0n) is 22.8. The predicted octanol–water partition coefficient (Wildman–Crippen LogP) is 5.71. The molecule has 1 fully saturated rings. The Morgan fingerprint density at radius 2 is 1.76 bits per heavy atom. The third kappa shape index (κ3) is 5.52. The van der Waals surface area contributed by atoms with Gasteiger partial charge in [0.25, 0.3) is 0 Å². The van der Waals surface area contributed by atoms with Crippen molar-refractivity contribution >= 4 is 22.3 Å². The van der Waals surface area contributed by atoms with Crippen molar-refractivity contribution in [1.82, 2.24) is 10.3 Å². The molecule has 3 aromatic carbocycles. The molecule has 0 bridgehead atoms. The number of nitrogens with zero attached hydrogens (tertiary/aromatic N) is 3. The van der Waals surface area contributed by atoms with E-state index >= 15 is 0 Å². The fourth-order valence-corrected chi connectivity index (χ4v) is 5.95. The number of rotatable bonds is 8. The summed E-state index contributed by atoms with van der Waals surface area (Å²) in [5.41, 5.74) is 4.48. The van der Waals surface area contributed by atoms with Gasteiger partial charge in [0.1, 0.15) is 24.2 Å². The minimum atomic E-state index is -4.40. The van der Waals surface area contributed by atoms with Gasteiger partial charge in [-0.3, -0.25) is 4.98 Å². The summed E-state index contributed by atoms with van der Waals surface area (Å²) >= 11 is 0. The normalized spacial score (nSPS) is 17.0. The number of ether oxygens (including phenoxy) is 1. The maximum absolute atomic E-state index is 13.1. The fraction of sp³-hybridized carbons (Fsp3) is 0.312. The van der Waals surface area contributed by atoms with E-state index in [0.29, 0.717) is 29.4 Å². The summed E-state index contributed by atoms with van der Waals surface area (Å²) in [5, 5.41) is 27.8. The molecule has 2 aliphatic rings. The average Bonchev–Trinajstić information content (AvgIpc) is 3.33. The molecule has 4 aromatic rings. The Labute approximate surface area is 241 Å². The van der Waals surface area contributed by atoms with Crippen LogP contribution in [0.15, 0.2) is 78.1 Å². The van der Waals surface area contributed by atoms with Crippen LogP contribution in [0.1, 0.15) is 29.5 Å². The van der Waals surface area contributed by atoms with Crippen LogP contribution in [0.5, 0.6) is 5.75 Å². The molecule has 3 N–H and O–H groups in total. The van der Waals surface area contributed by atoms with Gasteiger partial charge in [-0.2, -0.15) is 13.2 Å². The third-order valence-electron chi connectivity index (χ3n) is 8.08. The average molecular weight is 577 g/mol. The van der Waals surface area contributed by atoms with Crippen LogP contribution in [0.3, 0.4) is 0 Å². The summed E-state index contributed by atoms with van der Waals surface area (Å²) in [7, 11) is 0. The molecule has 1 aliphatic heterocycles. The first-order chi connectivity index (χ1) is 20.3. The number of hydrogen-bond acceptors (Lipinski definition) is 7. The number of fused-ring (bicyclic) bond motifs is 4. The van der Waals surface area contributed by atoms with E-state index in [0.717, 1.165) is 77.9 Å². The lowest BCUT2D eigenvalue weighted by molar-refractivity contribution is -0.137. The second kappa shape index (κ2) is 11.6. The van der Waals surface area contributed by atoms with E-state index in [1.54, 1.807) is 6.20 Å². The number of halogens is 3. The van der Waals surface area contributed by atoms with Gasteiger partial charge in [-0.05, 0) is 55.1 Å². The summed E-state index contributed by atoms with van der Waals surface area (Å²) in [6, 6.07) is 18.9. The molecule has 1 aliphatic carbocycles. The van der Waals surface area contributed by atoms with Gasteiger partial charge in [-0.15, -0.1) is 0 Å². The van der Waals surface area contributed by atoms with Crippen LogP contribution in [0.2, 0.25) is 0 Å². The highest BCUT2D eigenvalue weighted by Crippen LogP contribution is 2.43. The van der Waals surface area contributed by atoms with E-state index < -0.39 is 17.8 Å². The molecule has 10 heteroatoms. The van der Waals surface area contributed by atoms with E-state index in [1.807, 2.05) is 48.5 Å². The molecule has 0 saturated carbocycles. The van der Waals surface area contributed by atoms with Crippen LogP contribution >= 0.6 is 0 Å². The lowest BCUT2D eigenvalue weighted by atomic mass is 9.96. The molecule has 2 heterocycles. The zero-order valence-corrected chi connectivity index (χ0v) is 22.8. The van der Waals surface area contributed by atoms with Gasteiger partial charge in [0.2, 0.25) is 0 Å². The molecule has 0 unspecified atom stereocenters. The number of anilines is 1. The number of piperidine rings is 1. The van der Waals surface area contributed by atoms with Crippen molar-refractivity contribution in [3.63, 3.8) is 0 Å². The molecule has 42 heavy (non-hydrogen) atoms. The Hall–Kier alpha value is -4.15. The first-order valence-electron chi connectivity index (χ1n) is 14.0. The van der Waals surface area contributed by atoms with E-state index in [1.165, 1.54) is 6.07 Å². The SMILES string of the molecule is ON=C1c2ccccc2-c2c(OC[C@@H](O)CNCC3CCN(c4ccnc5cc(C(F)(F)F)ccc45)CC3)cccc21. The molecular weight excluding hydrogens is 545 g/mol. The first kappa shape index (κ1) is 28.0. The molecular formula is C32H31F3N4O3. The van der Waals surface area contributed by atoms with Crippen LogP contribution in [-0.4, -0.2) is 59.9 Å². The monoisotopic (exact) mass is 576 g/mol. The molecule has 0 amide bonds. The van der Waals surface area contributed by atoms with Gasteiger partial charge in [-0.1, -0.05) is 47.6 Å². The van der Waals surface area contributed by atoms with Crippen molar-refractivity contribution in [3.8, 4) is 16.9 Å². The Balaban J connectivity index is 0.996. The highest BCUT2D eigenvalue weighted by atomic mass is 19.4. The summed E-state index contributed by atoms with van der Waals surface area (Å²) in [4.78, 5) is 6.37. The van der Waals surface area contributed by atoms with Crippen LogP contribution < -0.4 is 15.0 Å². The number of hydrogen-bond donors (Lipinski definition) is 3. The van der Waals surface area contributed by atoms with Crippen molar-refractivity contribution in [2.24, 2.45) is 11.1 Å². The maximum atomic E-state index is 13.1.